The second kappa shape index (κ2) is 7.43. The molecule has 0 saturated heterocycles. The van der Waals surface area contributed by atoms with Crippen molar-refractivity contribution in [2.45, 2.75) is 12.5 Å². The third-order valence-electron chi connectivity index (χ3n) is 3.04. The number of nitrogens with one attached hydrogen (secondary N) is 1. The molecule has 0 aliphatic carbocycles. The number of hydrogen-bond donors (Lipinski definition) is 1. The molecule has 0 radical (unpaired) electrons. The first kappa shape index (κ1) is 15.8. The maximum absolute atomic E-state index is 13.7. The van der Waals surface area contributed by atoms with Crippen LogP contribution in [-0.4, -0.2) is 17.8 Å². The van der Waals surface area contributed by atoms with Crippen molar-refractivity contribution in [1.29, 1.82) is 0 Å². The average molecular weight is 326 g/mol. The number of halogens is 3. The SMILES string of the molecule is O=C(NC(CCl)Cc1ccccc1)c1c(F)cccc1Cl. The second-order valence-electron chi connectivity index (χ2n) is 4.61. The Kier molecular flexibility index (Phi) is 5.59. The van der Waals surface area contributed by atoms with Crippen LogP contribution in [0.15, 0.2) is 48.5 Å². The zero-order valence-electron chi connectivity index (χ0n) is 11.2. The zero-order valence-corrected chi connectivity index (χ0v) is 12.7. The number of benzene rings is 2. The van der Waals surface area contributed by atoms with Crippen molar-refractivity contribution in [3.63, 3.8) is 0 Å². The Labute approximate surface area is 132 Å². The Bertz CT molecular complexity index is 599. The summed E-state index contributed by atoms with van der Waals surface area (Å²) in [6, 6.07) is 13.5. The zero-order chi connectivity index (χ0) is 15.2. The van der Waals surface area contributed by atoms with Gasteiger partial charge in [-0.2, -0.15) is 0 Å². The minimum atomic E-state index is -0.645. The lowest BCUT2D eigenvalue weighted by atomic mass is 10.1. The Morgan fingerprint density at radius 3 is 2.48 bits per heavy atom. The highest BCUT2D eigenvalue weighted by molar-refractivity contribution is 6.33. The molecule has 1 atom stereocenters. The van der Waals surface area contributed by atoms with Gasteiger partial charge in [-0.3, -0.25) is 4.79 Å². The van der Waals surface area contributed by atoms with Crippen LogP contribution in [0.5, 0.6) is 0 Å². The van der Waals surface area contributed by atoms with Crippen molar-refractivity contribution in [3.8, 4) is 0 Å². The van der Waals surface area contributed by atoms with Crippen LogP contribution in [-0.2, 0) is 6.42 Å². The summed E-state index contributed by atoms with van der Waals surface area (Å²) in [6.07, 6.45) is 0.572. The molecule has 1 N–H and O–H groups in total. The lowest BCUT2D eigenvalue weighted by molar-refractivity contribution is 0.0936. The first-order valence-corrected chi connectivity index (χ1v) is 7.38. The maximum atomic E-state index is 13.7. The van der Waals surface area contributed by atoms with Crippen LogP contribution < -0.4 is 5.32 Å². The van der Waals surface area contributed by atoms with E-state index >= 15 is 0 Å². The highest BCUT2D eigenvalue weighted by Crippen LogP contribution is 2.19. The quantitative estimate of drug-likeness (QED) is 0.825. The van der Waals surface area contributed by atoms with E-state index in [4.69, 9.17) is 23.2 Å². The summed E-state index contributed by atoms with van der Waals surface area (Å²) in [5.41, 5.74) is 0.894. The van der Waals surface area contributed by atoms with Crippen LogP contribution in [0.3, 0.4) is 0 Å². The van der Waals surface area contributed by atoms with Crippen molar-refractivity contribution in [2.75, 3.05) is 5.88 Å². The normalized spacial score (nSPS) is 12.0. The Morgan fingerprint density at radius 1 is 1.14 bits per heavy atom. The van der Waals surface area contributed by atoms with Gasteiger partial charge in [-0.1, -0.05) is 48.0 Å². The van der Waals surface area contributed by atoms with Crippen molar-refractivity contribution in [2.24, 2.45) is 0 Å². The van der Waals surface area contributed by atoms with Gasteiger partial charge in [0.2, 0.25) is 0 Å². The molecular formula is C16H14Cl2FNO. The topological polar surface area (TPSA) is 29.1 Å². The van der Waals surface area contributed by atoms with Crippen molar-refractivity contribution >= 4 is 29.1 Å². The van der Waals surface area contributed by atoms with Crippen LogP contribution in [0, 0.1) is 5.82 Å². The summed E-state index contributed by atoms with van der Waals surface area (Å²) in [5.74, 6) is -0.972. The molecule has 0 heterocycles. The van der Waals surface area contributed by atoms with E-state index < -0.39 is 11.7 Å². The number of carbonyl (C=O) groups is 1. The molecule has 110 valence electrons. The van der Waals surface area contributed by atoms with Crippen LogP contribution in [0.25, 0.3) is 0 Å². The molecule has 1 unspecified atom stereocenters. The predicted molar refractivity (Wildman–Crippen MR) is 83.5 cm³/mol. The highest BCUT2D eigenvalue weighted by Gasteiger charge is 2.19. The van der Waals surface area contributed by atoms with Crippen LogP contribution in [0.2, 0.25) is 5.02 Å². The first-order valence-electron chi connectivity index (χ1n) is 6.46. The number of alkyl halides is 1. The smallest absolute Gasteiger partial charge is 0.256 e. The number of amides is 1. The number of hydrogen-bond acceptors (Lipinski definition) is 1. The van der Waals surface area contributed by atoms with E-state index in [1.54, 1.807) is 0 Å². The molecule has 0 aromatic heterocycles. The molecule has 5 heteroatoms. The number of carbonyl (C=O) groups excluding carboxylic acids is 1. The molecule has 21 heavy (non-hydrogen) atoms. The van der Waals surface area contributed by atoms with Gasteiger partial charge in [-0.05, 0) is 24.1 Å². The van der Waals surface area contributed by atoms with Gasteiger partial charge in [-0.25, -0.2) is 4.39 Å². The summed E-state index contributed by atoms with van der Waals surface area (Å²) in [5, 5.41) is 2.80. The van der Waals surface area contributed by atoms with E-state index in [1.807, 2.05) is 30.3 Å². The van der Waals surface area contributed by atoms with Crippen LogP contribution >= 0.6 is 23.2 Å². The van der Waals surface area contributed by atoms with E-state index in [2.05, 4.69) is 5.32 Å². The van der Waals surface area contributed by atoms with Crippen LogP contribution in [0.1, 0.15) is 15.9 Å². The standard InChI is InChI=1S/C16H14Cl2FNO/c17-10-12(9-11-5-2-1-3-6-11)20-16(21)15-13(18)7-4-8-14(15)19/h1-8,12H,9-10H2,(H,20,21). The minimum absolute atomic E-state index is 0.0838. The highest BCUT2D eigenvalue weighted by atomic mass is 35.5. The monoisotopic (exact) mass is 325 g/mol. The van der Waals surface area contributed by atoms with Gasteiger partial charge in [0.15, 0.2) is 0 Å². The molecule has 0 spiro atoms. The van der Waals surface area contributed by atoms with Crippen molar-refractivity contribution in [1.82, 2.24) is 5.32 Å². The Morgan fingerprint density at radius 2 is 1.86 bits per heavy atom. The van der Waals surface area contributed by atoms with Gasteiger partial charge in [0, 0.05) is 11.9 Å². The predicted octanol–water partition coefficient (Wildman–Crippen LogP) is 4.06. The molecule has 0 fully saturated rings. The summed E-state index contributed by atoms with van der Waals surface area (Å²) < 4.78 is 13.7. The van der Waals surface area contributed by atoms with Gasteiger partial charge in [0.1, 0.15) is 5.82 Å². The maximum Gasteiger partial charge on any atom is 0.256 e. The minimum Gasteiger partial charge on any atom is -0.348 e. The summed E-state index contributed by atoms with van der Waals surface area (Å²) in [6.45, 7) is 0. The van der Waals surface area contributed by atoms with Gasteiger partial charge in [0.05, 0.1) is 10.6 Å². The lowest BCUT2D eigenvalue weighted by Crippen LogP contribution is -2.38. The summed E-state index contributed by atoms with van der Waals surface area (Å²) in [4.78, 5) is 12.2. The fourth-order valence-corrected chi connectivity index (χ4v) is 2.45. The molecule has 2 nitrogen and oxygen atoms in total. The van der Waals surface area contributed by atoms with E-state index in [-0.39, 0.29) is 22.5 Å². The third kappa shape index (κ3) is 4.19. The molecule has 0 saturated carbocycles. The molecule has 0 bridgehead atoms. The van der Waals surface area contributed by atoms with Crippen molar-refractivity contribution in [3.05, 3.63) is 70.5 Å². The fraction of sp³-hybridized carbons (Fsp3) is 0.188. The third-order valence-corrected chi connectivity index (χ3v) is 3.72. The largest absolute Gasteiger partial charge is 0.348 e. The molecule has 2 aromatic carbocycles. The summed E-state index contributed by atoms with van der Waals surface area (Å²) in [7, 11) is 0. The van der Waals surface area contributed by atoms with Crippen LogP contribution in [0.4, 0.5) is 4.39 Å². The van der Waals surface area contributed by atoms with E-state index in [9.17, 15) is 9.18 Å². The Hall–Kier alpha value is -1.58. The molecule has 1 amide bonds. The van der Waals surface area contributed by atoms with Gasteiger partial charge in [0.25, 0.3) is 5.91 Å². The Balaban J connectivity index is 2.10. The fourth-order valence-electron chi connectivity index (χ4n) is 2.02. The average Bonchev–Trinajstić information content (AvgIpc) is 2.47. The number of rotatable bonds is 5. The van der Waals surface area contributed by atoms with Gasteiger partial charge < -0.3 is 5.32 Å². The lowest BCUT2D eigenvalue weighted by Gasteiger charge is -2.17. The van der Waals surface area contributed by atoms with Gasteiger partial charge in [-0.15, -0.1) is 11.6 Å². The molecule has 0 aliphatic heterocycles. The van der Waals surface area contributed by atoms with Gasteiger partial charge >= 0.3 is 0 Å². The first-order chi connectivity index (χ1) is 10.1. The van der Waals surface area contributed by atoms with E-state index in [0.29, 0.717) is 6.42 Å². The molecule has 0 aliphatic rings. The summed E-state index contributed by atoms with van der Waals surface area (Å²) >= 11 is 11.8. The molecular weight excluding hydrogens is 312 g/mol. The van der Waals surface area contributed by atoms with Crippen molar-refractivity contribution < 1.29 is 9.18 Å². The van der Waals surface area contributed by atoms with E-state index in [0.717, 1.165) is 5.56 Å². The second-order valence-corrected chi connectivity index (χ2v) is 5.33. The molecule has 2 rings (SSSR count). The molecule has 2 aromatic rings. The van der Waals surface area contributed by atoms with E-state index in [1.165, 1.54) is 18.2 Å².